The average molecular weight is 251 g/mol. The summed E-state index contributed by atoms with van der Waals surface area (Å²) in [6.07, 6.45) is 5.95. The van der Waals surface area contributed by atoms with Crippen molar-refractivity contribution in [2.24, 2.45) is 5.92 Å². The minimum Gasteiger partial charge on any atom is -0.388 e. The second kappa shape index (κ2) is 4.31. The van der Waals surface area contributed by atoms with E-state index in [2.05, 4.69) is 10.2 Å². The summed E-state index contributed by atoms with van der Waals surface area (Å²) in [7, 11) is 0. The largest absolute Gasteiger partial charge is 0.388 e. The van der Waals surface area contributed by atoms with Crippen LogP contribution in [0.5, 0.6) is 0 Å². The summed E-state index contributed by atoms with van der Waals surface area (Å²) in [5.74, 6) is 0.361. The highest BCUT2D eigenvalue weighted by molar-refractivity contribution is 6.31. The van der Waals surface area contributed by atoms with Gasteiger partial charge in [0.25, 0.3) is 0 Å². The van der Waals surface area contributed by atoms with Gasteiger partial charge in [0, 0.05) is 16.0 Å². The molecule has 2 aromatic rings. The van der Waals surface area contributed by atoms with Gasteiger partial charge < -0.3 is 5.11 Å². The van der Waals surface area contributed by atoms with Crippen molar-refractivity contribution in [1.29, 1.82) is 0 Å². The van der Waals surface area contributed by atoms with E-state index in [0.717, 1.165) is 29.3 Å². The van der Waals surface area contributed by atoms with Crippen molar-refractivity contribution in [2.75, 3.05) is 0 Å². The normalized spacial score (nSPS) is 18.9. The number of H-pyrrole nitrogens is 1. The Labute approximate surface area is 105 Å². The summed E-state index contributed by atoms with van der Waals surface area (Å²) < 4.78 is 0. The third kappa shape index (κ3) is 1.94. The topological polar surface area (TPSA) is 48.9 Å². The molecule has 1 heterocycles. The van der Waals surface area contributed by atoms with Crippen molar-refractivity contribution < 1.29 is 5.11 Å². The number of aromatic nitrogens is 2. The molecule has 1 unspecified atom stereocenters. The summed E-state index contributed by atoms with van der Waals surface area (Å²) in [6, 6.07) is 3.72. The highest BCUT2D eigenvalue weighted by Crippen LogP contribution is 2.38. The van der Waals surface area contributed by atoms with E-state index >= 15 is 0 Å². The van der Waals surface area contributed by atoms with Gasteiger partial charge >= 0.3 is 0 Å². The van der Waals surface area contributed by atoms with Crippen LogP contribution in [-0.2, 0) is 0 Å². The van der Waals surface area contributed by atoms with Gasteiger partial charge in [-0.15, -0.1) is 0 Å². The van der Waals surface area contributed by atoms with Crippen LogP contribution in [0.2, 0.25) is 5.02 Å². The Bertz CT molecular complexity index is 531. The Kier molecular flexibility index (Phi) is 2.81. The van der Waals surface area contributed by atoms with Crippen molar-refractivity contribution in [1.82, 2.24) is 10.2 Å². The van der Waals surface area contributed by atoms with Crippen LogP contribution in [0.3, 0.4) is 0 Å². The average Bonchev–Trinajstić information content (AvgIpc) is 2.97. The van der Waals surface area contributed by atoms with E-state index < -0.39 is 6.10 Å². The molecule has 17 heavy (non-hydrogen) atoms. The van der Waals surface area contributed by atoms with Crippen molar-refractivity contribution in [3.8, 4) is 0 Å². The molecule has 3 rings (SSSR count). The Morgan fingerprint density at radius 1 is 1.35 bits per heavy atom. The first-order valence-electron chi connectivity index (χ1n) is 6.06. The Hall–Kier alpha value is -1.06. The molecular formula is C13H15ClN2O. The maximum atomic E-state index is 10.5. The second-order valence-corrected chi connectivity index (χ2v) is 5.26. The number of hydrogen-bond acceptors (Lipinski definition) is 2. The lowest BCUT2D eigenvalue weighted by Crippen LogP contribution is -2.09. The second-order valence-electron chi connectivity index (χ2n) is 4.82. The van der Waals surface area contributed by atoms with Gasteiger partial charge in [0.1, 0.15) is 0 Å². The number of aliphatic hydroxyl groups excluding tert-OH is 1. The first-order chi connectivity index (χ1) is 8.25. The van der Waals surface area contributed by atoms with Crippen molar-refractivity contribution in [3.63, 3.8) is 0 Å². The first-order valence-corrected chi connectivity index (χ1v) is 6.44. The van der Waals surface area contributed by atoms with Gasteiger partial charge in [-0.3, -0.25) is 5.10 Å². The van der Waals surface area contributed by atoms with Gasteiger partial charge in [-0.05, 0) is 30.9 Å². The molecule has 0 radical (unpaired) electrons. The molecule has 1 aromatic heterocycles. The molecule has 0 amide bonds. The van der Waals surface area contributed by atoms with Crippen LogP contribution in [0, 0.1) is 5.92 Å². The summed E-state index contributed by atoms with van der Waals surface area (Å²) in [5, 5.41) is 19.0. The molecule has 1 aliphatic carbocycles. The number of aliphatic hydroxyl groups is 1. The summed E-state index contributed by atoms with van der Waals surface area (Å²) >= 11 is 6.08. The molecule has 0 bridgehead atoms. The maximum Gasteiger partial charge on any atom is 0.0839 e. The highest BCUT2D eigenvalue weighted by atomic mass is 35.5. The van der Waals surface area contributed by atoms with Gasteiger partial charge in [0.2, 0.25) is 0 Å². The minimum absolute atomic E-state index is 0.361. The first kappa shape index (κ1) is 11.1. The lowest BCUT2D eigenvalue weighted by atomic mass is 9.93. The zero-order valence-corrected chi connectivity index (χ0v) is 10.2. The van der Waals surface area contributed by atoms with Crippen molar-refractivity contribution in [2.45, 2.75) is 31.8 Å². The van der Waals surface area contributed by atoms with Crippen LogP contribution in [0.4, 0.5) is 0 Å². The number of benzene rings is 1. The van der Waals surface area contributed by atoms with Crippen LogP contribution >= 0.6 is 11.6 Å². The van der Waals surface area contributed by atoms with E-state index in [1.807, 2.05) is 12.1 Å². The van der Waals surface area contributed by atoms with Gasteiger partial charge in [-0.2, -0.15) is 5.10 Å². The van der Waals surface area contributed by atoms with Gasteiger partial charge in [-0.25, -0.2) is 0 Å². The third-order valence-electron chi connectivity index (χ3n) is 3.71. The summed E-state index contributed by atoms with van der Waals surface area (Å²) in [5.41, 5.74) is 1.80. The zero-order chi connectivity index (χ0) is 11.8. The Morgan fingerprint density at radius 3 is 2.88 bits per heavy atom. The number of fused-ring (bicyclic) bond motifs is 1. The number of nitrogens with zero attached hydrogens (tertiary/aromatic N) is 1. The molecule has 0 saturated heterocycles. The lowest BCUT2D eigenvalue weighted by Gasteiger charge is -2.18. The fraction of sp³-hybridized carbons (Fsp3) is 0.462. The molecule has 1 aromatic carbocycles. The van der Waals surface area contributed by atoms with E-state index in [1.54, 1.807) is 6.20 Å². The zero-order valence-electron chi connectivity index (χ0n) is 9.49. The maximum absolute atomic E-state index is 10.5. The van der Waals surface area contributed by atoms with E-state index in [-0.39, 0.29) is 0 Å². The molecule has 3 nitrogen and oxygen atoms in total. The molecular weight excluding hydrogens is 236 g/mol. The summed E-state index contributed by atoms with van der Waals surface area (Å²) in [6.45, 7) is 0. The fourth-order valence-electron chi connectivity index (χ4n) is 2.81. The molecule has 0 spiro atoms. The predicted molar refractivity (Wildman–Crippen MR) is 68.0 cm³/mol. The van der Waals surface area contributed by atoms with Gasteiger partial charge in [0.05, 0.1) is 17.8 Å². The monoisotopic (exact) mass is 250 g/mol. The number of hydrogen-bond donors (Lipinski definition) is 2. The molecule has 4 heteroatoms. The van der Waals surface area contributed by atoms with Crippen molar-refractivity contribution >= 4 is 22.5 Å². The van der Waals surface area contributed by atoms with Crippen LogP contribution in [0.1, 0.15) is 37.4 Å². The van der Waals surface area contributed by atoms with E-state index in [9.17, 15) is 5.11 Å². The predicted octanol–water partition coefficient (Wildman–Crippen LogP) is 3.44. The quantitative estimate of drug-likeness (QED) is 0.858. The van der Waals surface area contributed by atoms with Crippen LogP contribution in [0.25, 0.3) is 10.9 Å². The molecule has 0 aliphatic heterocycles. The lowest BCUT2D eigenvalue weighted by molar-refractivity contribution is 0.113. The number of halogens is 1. The fourth-order valence-corrected chi connectivity index (χ4v) is 3.04. The van der Waals surface area contributed by atoms with Crippen molar-refractivity contribution in [3.05, 3.63) is 28.9 Å². The smallest absolute Gasteiger partial charge is 0.0839 e. The molecule has 2 N–H and O–H groups in total. The SMILES string of the molecule is OC(c1cc(Cl)cc2cn[nH]c12)C1CCCC1. The summed E-state index contributed by atoms with van der Waals surface area (Å²) in [4.78, 5) is 0. The van der Waals surface area contributed by atoms with E-state index in [0.29, 0.717) is 10.9 Å². The molecule has 1 atom stereocenters. The van der Waals surface area contributed by atoms with Gasteiger partial charge in [-0.1, -0.05) is 24.4 Å². The van der Waals surface area contributed by atoms with Crippen LogP contribution < -0.4 is 0 Å². The highest BCUT2D eigenvalue weighted by Gasteiger charge is 2.26. The standard InChI is InChI=1S/C13H15ClN2O/c14-10-5-9-7-15-16-12(9)11(6-10)13(17)8-3-1-2-4-8/h5-8,13,17H,1-4H2,(H,15,16). The Morgan fingerprint density at radius 2 is 2.12 bits per heavy atom. The number of rotatable bonds is 2. The molecule has 1 fully saturated rings. The number of nitrogens with one attached hydrogen (secondary N) is 1. The molecule has 90 valence electrons. The van der Waals surface area contributed by atoms with E-state index in [1.165, 1.54) is 12.8 Å². The third-order valence-corrected chi connectivity index (χ3v) is 3.93. The minimum atomic E-state index is -0.431. The number of aromatic amines is 1. The molecule has 1 aliphatic rings. The van der Waals surface area contributed by atoms with Crippen LogP contribution in [-0.4, -0.2) is 15.3 Å². The Balaban J connectivity index is 2.05. The van der Waals surface area contributed by atoms with E-state index in [4.69, 9.17) is 11.6 Å². The van der Waals surface area contributed by atoms with Crippen LogP contribution in [0.15, 0.2) is 18.3 Å². The molecule has 1 saturated carbocycles. The van der Waals surface area contributed by atoms with Gasteiger partial charge in [0.15, 0.2) is 0 Å².